The highest BCUT2D eigenvalue weighted by Gasteiger charge is 2.11. The van der Waals surface area contributed by atoms with E-state index in [9.17, 15) is 10.2 Å². The van der Waals surface area contributed by atoms with Gasteiger partial charge in [0, 0.05) is 23.3 Å². The van der Waals surface area contributed by atoms with Gasteiger partial charge in [-0.2, -0.15) is 0 Å². The number of aromatic nitrogens is 4. The smallest absolute Gasteiger partial charge is 0.159 e. The molecule has 126 valence electrons. The van der Waals surface area contributed by atoms with Crippen molar-refractivity contribution in [3.63, 3.8) is 0 Å². The van der Waals surface area contributed by atoms with E-state index in [-0.39, 0.29) is 11.5 Å². The highest BCUT2D eigenvalue weighted by atomic mass is 16.3. The Morgan fingerprint density at radius 3 is 2.04 bits per heavy atom. The molecule has 4 N–H and O–H groups in total. The number of rotatable bonds is 2. The van der Waals surface area contributed by atoms with Gasteiger partial charge < -0.3 is 20.2 Å². The summed E-state index contributed by atoms with van der Waals surface area (Å²) in [4.78, 5) is 15.6. The molecular formula is C20H14N4O2. The van der Waals surface area contributed by atoms with Gasteiger partial charge in [-0.25, -0.2) is 9.97 Å². The molecule has 0 aliphatic rings. The summed E-state index contributed by atoms with van der Waals surface area (Å²) in [6.45, 7) is 0. The normalized spacial score (nSPS) is 11.4. The number of nitrogens with one attached hydrogen (secondary N) is 2. The Morgan fingerprint density at radius 1 is 0.615 bits per heavy atom. The first-order chi connectivity index (χ1) is 12.7. The Kier molecular flexibility index (Phi) is 2.99. The van der Waals surface area contributed by atoms with Gasteiger partial charge in [0.25, 0.3) is 0 Å². The Morgan fingerprint density at radius 2 is 1.27 bits per heavy atom. The van der Waals surface area contributed by atoms with Gasteiger partial charge >= 0.3 is 0 Å². The quantitative estimate of drug-likeness (QED) is 0.362. The number of imidazole rings is 2. The van der Waals surface area contributed by atoms with E-state index in [1.54, 1.807) is 0 Å². The van der Waals surface area contributed by atoms with E-state index in [2.05, 4.69) is 19.9 Å². The van der Waals surface area contributed by atoms with Crippen LogP contribution in [0.4, 0.5) is 0 Å². The van der Waals surface area contributed by atoms with Crippen LogP contribution in [0.15, 0.2) is 60.7 Å². The number of phenols is 2. The number of phenolic OH excluding ortho intramolecular Hbond substituents is 2. The van der Waals surface area contributed by atoms with Gasteiger partial charge in [0.05, 0.1) is 22.1 Å². The average molecular weight is 342 g/mol. The fourth-order valence-corrected chi connectivity index (χ4v) is 3.07. The molecule has 0 amide bonds. The van der Waals surface area contributed by atoms with E-state index in [0.717, 1.165) is 28.0 Å². The van der Waals surface area contributed by atoms with Crippen LogP contribution in [0.5, 0.6) is 11.5 Å². The first-order valence-electron chi connectivity index (χ1n) is 8.15. The van der Waals surface area contributed by atoms with Crippen molar-refractivity contribution in [3.05, 3.63) is 60.7 Å². The SMILES string of the molecule is Oc1cc2nc(-c3cccc(-c4nc5ccccc5[nH]4)c3)[nH]c2cc1O. The maximum Gasteiger partial charge on any atom is 0.159 e. The first-order valence-corrected chi connectivity index (χ1v) is 8.15. The lowest BCUT2D eigenvalue weighted by atomic mass is 10.1. The molecular weight excluding hydrogens is 328 g/mol. The Bertz CT molecular complexity index is 1200. The zero-order valence-corrected chi connectivity index (χ0v) is 13.6. The Balaban J connectivity index is 1.61. The van der Waals surface area contributed by atoms with Gasteiger partial charge in [0.1, 0.15) is 11.6 Å². The van der Waals surface area contributed by atoms with Crippen molar-refractivity contribution in [2.24, 2.45) is 0 Å². The van der Waals surface area contributed by atoms with Crippen molar-refractivity contribution in [2.75, 3.05) is 0 Å². The second-order valence-electron chi connectivity index (χ2n) is 6.13. The van der Waals surface area contributed by atoms with Crippen LogP contribution >= 0.6 is 0 Å². The molecule has 0 radical (unpaired) electrons. The van der Waals surface area contributed by atoms with Gasteiger partial charge in [-0.3, -0.25) is 0 Å². The highest BCUT2D eigenvalue weighted by molar-refractivity contribution is 5.84. The summed E-state index contributed by atoms with van der Waals surface area (Å²) in [5.74, 6) is 1.08. The van der Waals surface area contributed by atoms with E-state index >= 15 is 0 Å². The topological polar surface area (TPSA) is 97.8 Å². The van der Waals surface area contributed by atoms with Crippen LogP contribution in [0.25, 0.3) is 44.8 Å². The lowest BCUT2D eigenvalue weighted by Crippen LogP contribution is -1.84. The van der Waals surface area contributed by atoms with Crippen LogP contribution in [-0.4, -0.2) is 30.1 Å². The summed E-state index contributed by atoms with van der Waals surface area (Å²) in [6, 6.07) is 18.7. The molecule has 6 heteroatoms. The standard InChI is InChI=1S/C20H14N4O2/c25-17-9-15-16(10-18(17)26)24-20(23-15)12-5-3-4-11(8-12)19-21-13-6-1-2-7-14(13)22-19/h1-10,25-26H,(H,21,22)(H,23,24). The molecule has 6 nitrogen and oxygen atoms in total. The molecule has 0 fully saturated rings. The molecule has 0 spiro atoms. The van der Waals surface area contributed by atoms with E-state index in [0.29, 0.717) is 16.9 Å². The number of benzene rings is 3. The number of H-pyrrole nitrogens is 2. The van der Waals surface area contributed by atoms with Crippen LogP contribution in [0.2, 0.25) is 0 Å². The van der Waals surface area contributed by atoms with Crippen molar-refractivity contribution in [3.8, 4) is 34.3 Å². The molecule has 0 bridgehead atoms. The van der Waals surface area contributed by atoms with Crippen molar-refractivity contribution >= 4 is 22.1 Å². The molecule has 2 heterocycles. The predicted octanol–water partition coefficient (Wildman–Crippen LogP) is 4.18. The number of aromatic hydroxyl groups is 2. The van der Waals surface area contributed by atoms with Gasteiger partial charge in [0.15, 0.2) is 11.5 Å². The third kappa shape index (κ3) is 2.28. The molecule has 0 aliphatic carbocycles. The van der Waals surface area contributed by atoms with Crippen LogP contribution in [0, 0.1) is 0 Å². The summed E-state index contributed by atoms with van der Waals surface area (Å²) in [7, 11) is 0. The van der Waals surface area contributed by atoms with Crippen molar-refractivity contribution in [1.82, 2.24) is 19.9 Å². The van der Waals surface area contributed by atoms with E-state index < -0.39 is 0 Å². The molecule has 0 aliphatic heterocycles. The zero-order valence-electron chi connectivity index (χ0n) is 13.6. The fourth-order valence-electron chi connectivity index (χ4n) is 3.07. The highest BCUT2D eigenvalue weighted by Crippen LogP contribution is 2.31. The minimum atomic E-state index is -0.188. The van der Waals surface area contributed by atoms with Crippen molar-refractivity contribution < 1.29 is 10.2 Å². The number of aromatic amines is 2. The second kappa shape index (κ2) is 5.35. The summed E-state index contributed by atoms with van der Waals surface area (Å²) in [5, 5.41) is 19.3. The summed E-state index contributed by atoms with van der Waals surface area (Å²) in [5.41, 5.74) is 4.99. The summed E-state index contributed by atoms with van der Waals surface area (Å²) < 4.78 is 0. The fraction of sp³-hybridized carbons (Fsp3) is 0. The maximum atomic E-state index is 9.65. The number of para-hydroxylation sites is 2. The predicted molar refractivity (Wildman–Crippen MR) is 99.9 cm³/mol. The number of hydrogen-bond acceptors (Lipinski definition) is 4. The minimum absolute atomic E-state index is 0.177. The molecule has 0 saturated carbocycles. The largest absolute Gasteiger partial charge is 0.504 e. The second-order valence-corrected chi connectivity index (χ2v) is 6.13. The van der Waals surface area contributed by atoms with Crippen molar-refractivity contribution in [1.29, 1.82) is 0 Å². The van der Waals surface area contributed by atoms with Gasteiger partial charge in [-0.15, -0.1) is 0 Å². The molecule has 0 atom stereocenters. The summed E-state index contributed by atoms with van der Waals surface area (Å²) in [6.07, 6.45) is 0. The van der Waals surface area contributed by atoms with Crippen molar-refractivity contribution in [2.45, 2.75) is 0 Å². The van der Waals surface area contributed by atoms with Gasteiger partial charge in [-0.1, -0.05) is 30.3 Å². The molecule has 5 aromatic rings. The van der Waals surface area contributed by atoms with Crippen LogP contribution in [0.3, 0.4) is 0 Å². The monoisotopic (exact) mass is 342 g/mol. The Hall–Kier alpha value is -3.80. The molecule has 26 heavy (non-hydrogen) atoms. The maximum absolute atomic E-state index is 9.65. The lowest BCUT2D eigenvalue weighted by molar-refractivity contribution is 0.405. The van der Waals surface area contributed by atoms with Crippen LogP contribution < -0.4 is 0 Å². The van der Waals surface area contributed by atoms with Gasteiger partial charge in [0.2, 0.25) is 0 Å². The van der Waals surface area contributed by atoms with Crippen LogP contribution in [-0.2, 0) is 0 Å². The first kappa shape index (κ1) is 14.5. The van der Waals surface area contributed by atoms with Gasteiger partial charge in [-0.05, 0) is 18.2 Å². The van der Waals surface area contributed by atoms with E-state index in [1.807, 2.05) is 48.5 Å². The number of fused-ring (bicyclic) bond motifs is 2. The molecule has 3 aromatic carbocycles. The number of hydrogen-bond donors (Lipinski definition) is 4. The minimum Gasteiger partial charge on any atom is -0.504 e. The third-order valence-corrected chi connectivity index (χ3v) is 4.38. The lowest BCUT2D eigenvalue weighted by Gasteiger charge is -2.00. The third-order valence-electron chi connectivity index (χ3n) is 4.38. The van der Waals surface area contributed by atoms with E-state index in [1.165, 1.54) is 12.1 Å². The van der Waals surface area contributed by atoms with E-state index in [4.69, 9.17) is 0 Å². The van der Waals surface area contributed by atoms with Crippen LogP contribution in [0.1, 0.15) is 0 Å². The molecule has 5 rings (SSSR count). The molecule has 2 aromatic heterocycles. The Labute approximate surface area is 147 Å². The molecule has 0 unspecified atom stereocenters. The zero-order chi connectivity index (χ0) is 17.7. The summed E-state index contributed by atoms with van der Waals surface area (Å²) >= 11 is 0. The molecule has 0 saturated heterocycles. The number of nitrogens with zero attached hydrogens (tertiary/aromatic N) is 2. The average Bonchev–Trinajstić information content (AvgIpc) is 3.26.